The van der Waals surface area contributed by atoms with Crippen molar-refractivity contribution in [3.63, 3.8) is 0 Å². The summed E-state index contributed by atoms with van der Waals surface area (Å²) in [6.07, 6.45) is 0. The Hall–Kier alpha value is -2.47. The second kappa shape index (κ2) is 9.87. The largest absolute Gasteiger partial charge is 0.496 e. The second-order valence-corrected chi connectivity index (χ2v) is 7.00. The molecule has 1 atom stereocenters. The minimum atomic E-state index is -0.353. The van der Waals surface area contributed by atoms with E-state index in [2.05, 4.69) is 10.1 Å². The molecule has 5 nitrogen and oxygen atoms in total. The summed E-state index contributed by atoms with van der Waals surface area (Å²) >= 11 is 1.54. The van der Waals surface area contributed by atoms with Crippen LogP contribution in [0.1, 0.15) is 28.4 Å². The minimum Gasteiger partial charge on any atom is -0.496 e. The number of methoxy groups -OCH3 is 2. The van der Waals surface area contributed by atoms with Crippen LogP contribution in [0.5, 0.6) is 5.75 Å². The van der Waals surface area contributed by atoms with Crippen molar-refractivity contribution >= 4 is 23.6 Å². The Morgan fingerprint density at radius 2 is 1.77 bits per heavy atom. The molecule has 0 radical (unpaired) electrons. The van der Waals surface area contributed by atoms with Gasteiger partial charge >= 0.3 is 5.97 Å². The summed E-state index contributed by atoms with van der Waals surface area (Å²) < 4.78 is 9.97. The fourth-order valence-corrected chi connectivity index (χ4v) is 3.20. The maximum atomic E-state index is 12.3. The molecule has 138 valence electrons. The van der Waals surface area contributed by atoms with Crippen molar-refractivity contribution in [2.24, 2.45) is 0 Å². The highest BCUT2D eigenvalue weighted by Gasteiger charge is 2.14. The van der Waals surface area contributed by atoms with Gasteiger partial charge in [0, 0.05) is 17.9 Å². The first-order valence-corrected chi connectivity index (χ1v) is 9.28. The van der Waals surface area contributed by atoms with E-state index in [9.17, 15) is 9.59 Å². The first-order chi connectivity index (χ1) is 12.5. The fraction of sp³-hybridized carbons (Fsp3) is 0.300. The monoisotopic (exact) mass is 373 g/mol. The van der Waals surface area contributed by atoms with Gasteiger partial charge in [0.25, 0.3) is 0 Å². The quantitative estimate of drug-likeness (QED) is 0.718. The molecule has 0 aliphatic rings. The van der Waals surface area contributed by atoms with E-state index < -0.39 is 0 Å². The van der Waals surface area contributed by atoms with Crippen LogP contribution in [0.15, 0.2) is 48.5 Å². The highest BCUT2D eigenvalue weighted by molar-refractivity contribution is 7.99. The molecule has 0 fully saturated rings. The fourth-order valence-electron chi connectivity index (χ4n) is 2.33. The molecular formula is C20H23NO4S. The predicted molar refractivity (Wildman–Crippen MR) is 103 cm³/mol. The van der Waals surface area contributed by atoms with E-state index in [0.717, 1.165) is 16.9 Å². The summed E-state index contributed by atoms with van der Waals surface area (Å²) in [5, 5.41) is 2.75. The van der Waals surface area contributed by atoms with Crippen molar-refractivity contribution < 1.29 is 19.1 Å². The topological polar surface area (TPSA) is 64.6 Å². The number of amides is 1. The molecule has 0 aliphatic heterocycles. The number of hydrogen-bond acceptors (Lipinski definition) is 5. The molecule has 1 N–H and O–H groups in total. The number of carbonyl (C=O) groups excluding carboxylic acids is 2. The lowest BCUT2D eigenvalue weighted by Crippen LogP contribution is -2.30. The maximum Gasteiger partial charge on any atom is 0.337 e. The molecule has 0 saturated heterocycles. The molecule has 0 spiro atoms. The number of thioether (sulfide) groups is 1. The van der Waals surface area contributed by atoms with E-state index >= 15 is 0 Å². The van der Waals surface area contributed by atoms with Crippen molar-refractivity contribution in [1.29, 1.82) is 0 Å². The molecule has 2 aromatic rings. The molecule has 0 saturated carbocycles. The van der Waals surface area contributed by atoms with E-state index in [1.165, 1.54) is 7.11 Å². The van der Waals surface area contributed by atoms with Gasteiger partial charge in [-0.3, -0.25) is 4.79 Å². The number of benzene rings is 2. The SMILES string of the molecule is COC(=O)c1ccc(CS[C@@H](C)C(=O)NCc2ccccc2OC)cc1. The lowest BCUT2D eigenvalue weighted by Gasteiger charge is -2.13. The van der Waals surface area contributed by atoms with Gasteiger partial charge in [-0.15, -0.1) is 11.8 Å². The van der Waals surface area contributed by atoms with Crippen LogP contribution >= 0.6 is 11.8 Å². The third kappa shape index (κ3) is 5.52. The molecule has 2 aromatic carbocycles. The van der Waals surface area contributed by atoms with Gasteiger partial charge in [0.05, 0.1) is 25.0 Å². The van der Waals surface area contributed by atoms with Crippen molar-refractivity contribution in [1.82, 2.24) is 5.32 Å². The number of esters is 1. The highest BCUT2D eigenvalue weighted by atomic mass is 32.2. The van der Waals surface area contributed by atoms with Gasteiger partial charge in [-0.2, -0.15) is 0 Å². The van der Waals surface area contributed by atoms with Crippen LogP contribution in [0.3, 0.4) is 0 Å². The highest BCUT2D eigenvalue weighted by Crippen LogP contribution is 2.20. The summed E-state index contributed by atoms with van der Waals surface area (Å²) in [5.74, 6) is 1.07. The van der Waals surface area contributed by atoms with E-state index in [1.54, 1.807) is 31.0 Å². The third-order valence-corrected chi connectivity index (χ3v) is 5.10. The van der Waals surface area contributed by atoms with E-state index in [4.69, 9.17) is 4.74 Å². The smallest absolute Gasteiger partial charge is 0.337 e. The molecule has 26 heavy (non-hydrogen) atoms. The average Bonchev–Trinajstić information content (AvgIpc) is 2.70. The average molecular weight is 373 g/mol. The van der Waals surface area contributed by atoms with Crippen LogP contribution in [0.2, 0.25) is 0 Å². The van der Waals surface area contributed by atoms with Gasteiger partial charge in [0.15, 0.2) is 0 Å². The van der Waals surface area contributed by atoms with E-state index in [-0.39, 0.29) is 17.1 Å². The Balaban J connectivity index is 1.82. The van der Waals surface area contributed by atoms with Crippen molar-refractivity contribution in [2.45, 2.75) is 24.5 Å². The van der Waals surface area contributed by atoms with Crippen molar-refractivity contribution in [2.75, 3.05) is 14.2 Å². The summed E-state index contributed by atoms with van der Waals surface area (Å²) in [5.41, 5.74) is 2.51. The Morgan fingerprint density at radius 3 is 2.42 bits per heavy atom. The summed E-state index contributed by atoms with van der Waals surface area (Å²) in [7, 11) is 2.97. The van der Waals surface area contributed by atoms with Crippen LogP contribution in [0.4, 0.5) is 0 Å². The van der Waals surface area contributed by atoms with E-state index in [0.29, 0.717) is 17.9 Å². The van der Waals surface area contributed by atoms with Crippen molar-refractivity contribution in [3.05, 3.63) is 65.2 Å². The molecule has 0 aliphatic carbocycles. The van der Waals surface area contributed by atoms with Gasteiger partial charge in [-0.25, -0.2) is 4.79 Å². The van der Waals surface area contributed by atoms with Gasteiger partial charge in [-0.1, -0.05) is 30.3 Å². The van der Waals surface area contributed by atoms with Crippen LogP contribution in [-0.2, 0) is 21.8 Å². The second-order valence-electron chi connectivity index (χ2n) is 5.67. The number of carbonyl (C=O) groups is 2. The maximum absolute atomic E-state index is 12.3. The van der Waals surface area contributed by atoms with Crippen molar-refractivity contribution in [3.8, 4) is 5.75 Å². The number of hydrogen-bond donors (Lipinski definition) is 1. The Labute approximate surface area is 158 Å². The van der Waals surface area contributed by atoms with Gasteiger partial charge in [0.1, 0.15) is 5.75 Å². The van der Waals surface area contributed by atoms with E-state index in [1.807, 2.05) is 43.3 Å². The molecule has 0 heterocycles. The summed E-state index contributed by atoms with van der Waals surface area (Å²) in [6, 6.07) is 14.8. The zero-order valence-electron chi connectivity index (χ0n) is 15.2. The number of para-hydroxylation sites is 1. The van der Waals surface area contributed by atoms with Gasteiger partial charge in [0.2, 0.25) is 5.91 Å². The lowest BCUT2D eigenvalue weighted by molar-refractivity contribution is -0.120. The Morgan fingerprint density at radius 1 is 1.08 bits per heavy atom. The Kier molecular flexibility index (Phi) is 7.53. The summed E-state index contributed by atoms with van der Waals surface area (Å²) in [6.45, 7) is 2.31. The first kappa shape index (κ1) is 19.8. The van der Waals surface area contributed by atoms with Gasteiger partial charge < -0.3 is 14.8 Å². The molecule has 0 aromatic heterocycles. The first-order valence-electron chi connectivity index (χ1n) is 8.23. The summed E-state index contributed by atoms with van der Waals surface area (Å²) in [4.78, 5) is 23.7. The van der Waals surface area contributed by atoms with Crippen LogP contribution in [-0.4, -0.2) is 31.3 Å². The molecule has 0 unspecified atom stereocenters. The predicted octanol–water partition coefficient (Wildman–Crippen LogP) is 3.42. The zero-order chi connectivity index (χ0) is 18.9. The van der Waals surface area contributed by atoms with Crippen LogP contribution < -0.4 is 10.1 Å². The lowest BCUT2D eigenvalue weighted by atomic mass is 10.1. The Bertz CT molecular complexity index is 746. The molecule has 1 amide bonds. The van der Waals surface area contributed by atoms with Crippen LogP contribution in [0, 0.1) is 0 Å². The standard InChI is InChI=1S/C20H23NO4S/c1-14(19(22)21-12-17-6-4-5-7-18(17)24-2)26-13-15-8-10-16(11-9-15)20(23)25-3/h4-11,14H,12-13H2,1-3H3,(H,21,22)/t14-/m0/s1. The molecule has 6 heteroatoms. The number of nitrogens with one attached hydrogen (secondary N) is 1. The van der Waals surface area contributed by atoms with Crippen LogP contribution in [0.25, 0.3) is 0 Å². The van der Waals surface area contributed by atoms with Gasteiger partial charge in [-0.05, 0) is 30.7 Å². The minimum absolute atomic E-state index is 0.0212. The third-order valence-electron chi connectivity index (χ3n) is 3.89. The number of rotatable bonds is 8. The molecule has 2 rings (SSSR count). The normalized spacial score (nSPS) is 11.5. The zero-order valence-corrected chi connectivity index (χ0v) is 16.0. The molecular weight excluding hydrogens is 350 g/mol. The number of ether oxygens (including phenoxy) is 2. The molecule has 0 bridgehead atoms.